The molecular weight excluding hydrogens is 352 g/mol. The first-order valence-electron chi connectivity index (χ1n) is 7.72. The summed E-state index contributed by atoms with van der Waals surface area (Å²) >= 11 is 1.53. The van der Waals surface area contributed by atoms with Crippen LogP contribution in [0.3, 0.4) is 0 Å². The van der Waals surface area contributed by atoms with Crippen molar-refractivity contribution < 1.29 is 19.1 Å². The Morgan fingerprint density at radius 2 is 1.88 bits per heavy atom. The lowest BCUT2D eigenvalue weighted by atomic mass is 10.2. The maximum atomic E-state index is 12.3. The molecule has 1 amide bonds. The zero-order valence-electron chi connectivity index (χ0n) is 14.6. The van der Waals surface area contributed by atoms with Crippen LogP contribution in [0.25, 0.3) is 0 Å². The van der Waals surface area contributed by atoms with Crippen LogP contribution in [0.15, 0.2) is 47.4 Å². The standard InChI is InChI=1S/C19H18N2O4S/c1-12(18(22)21-14-6-4-13(11-20)5-7-14)25-19(23)16-9-8-15(26-3)10-17(16)24-2/h4-10,12H,1-3H3,(H,21,22)/t12-/m1/s1. The molecule has 0 spiro atoms. The Morgan fingerprint density at radius 1 is 1.19 bits per heavy atom. The second-order valence-electron chi connectivity index (χ2n) is 5.29. The smallest absolute Gasteiger partial charge is 0.342 e. The van der Waals surface area contributed by atoms with Crippen LogP contribution in [0.4, 0.5) is 5.69 Å². The van der Waals surface area contributed by atoms with E-state index in [9.17, 15) is 9.59 Å². The largest absolute Gasteiger partial charge is 0.496 e. The van der Waals surface area contributed by atoms with Crippen molar-refractivity contribution in [3.63, 3.8) is 0 Å². The Kier molecular flexibility index (Phi) is 6.64. The van der Waals surface area contributed by atoms with Gasteiger partial charge in [-0.3, -0.25) is 4.79 Å². The third-order valence-electron chi connectivity index (χ3n) is 3.56. The van der Waals surface area contributed by atoms with Gasteiger partial charge in [0.2, 0.25) is 0 Å². The molecule has 134 valence electrons. The van der Waals surface area contributed by atoms with Gasteiger partial charge in [-0.1, -0.05) is 0 Å². The highest BCUT2D eigenvalue weighted by Gasteiger charge is 2.21. The molecule has 0 aromatic heterocycles. The average molecular weight is 370 g/mol. The summed E-state index contributed by atoms with van der Waals surface area (Å²) < 4.78 is 10.5. The summed E-state index contributed by atoms with van der Waals surface area (Å²) in [5.74, 6) is -0.721. The molecule has 0 saturated carbocycles. The molecule has 0 aliphatic carbocycles. The number of amides is 1. The fourth-order valence-corrected chi connectivity index (χ4v) is 2.55. The van der Waals surface area contributed by atoms with Gasteiger partial charge in [0, 0.05) is 10.6 Å². The van der Waals surface area contributed by atoms with Crippen LogP contribution in [-0.4, -0.2) is 31.3 Å². The molecule has 7 heteroatoms. The monoisotopic (exact) mass is 370 g/mol. The molecular formula is C19H18N2O4S. The predicted octanol–water partition coefficient (Wildman–Crippen LogP) is 3.47. The Labute approximate surface area is 156 Å². The second kappa shape index (κ2) is 8.92. The van der Waals surface area contributed by atoms with Crippen molar-refractivity contribution in [2.75, 3.05) is 18.7 Å². The average Bonchev–Trinajstić information content (AvgIpc) is 2.67. The van der Waals surface area contributed by atoms with Crippen molar-refractivity contribution in [2.45, 2.75) is 17.9 Å². The molecule has 0 unspecified atom stereocenters. The van der Waals surface area contributed by atoms with Crippen LogP contribution >= 0.6 is 11.8 Å². The summed E-state index contributed by atoms with van der Waals surface area (Å²) in [6.45, 7) is 1.49. The highest BCUT2D eigenvalue weighted by Crippen LogP contribution is 2.26. The van der Waals surface area contributed by atoms with Crippen LogP contribution in [0.5, 0.6) is 5.75 Å². The van der Waals surface area contributed by atoms with Crippen LogP contribution in [0, 0.1) is 11.3 Å². The summed E-state index contributed by atoms with van der Waals surface area (Å²) in [7, 11) is 1.47. The van der Waals surface area contributed by atoms with Gasteiger partial charge in [0.05, 0.1) is 18.7 Å². The molecule has 1 N–H and O–H groups in total. The van der Waals surface area contributed by atoms with Crippen LogP contribution in [0.1, 0.15) is 22.8 Å². The van der Waals surface area contributed by atoms with E-state index < -0.39 is 18.0 Å². The van der Waals surface area contributed by atoms with Crippen molar-refractivity contribution in [1.82, 2.24) is 0 Å². The van der Waals surface area contributed by atoms with E-state index in [0.29, 0.717) is 17.0 Å². The summed E-state index contributed by atoms with van der Waals surface area (Å²) in [6, 6.07) is 13.5. The number of esters is 1. The third-order valence-corrected chi connectivity index (χ3v) is 4.29. The molecule has 2 rings (SSSR count). The van der Waals surface area contributed by atoms with Crippen molar-refractivity contribution >= 4 is 29.3 Å². The first kappa shape index (κ1) is 19.3. The maximum absolute atomic E-state index is 12.3. The van der Waals surface area contributed by atoms with E-state index in [0.717, 1.165) is 4.90 Å². The van der Waals surface area contributed by atoms with Gasteiger partial charge >= 0.3 is 5.97 Å². The topological polar surface area (TPSA) is 88.4 Å². The van der Waals surface area contributed by atoms with Crippen molar-refractivity contribution in [1.29, 1.82) is 5.26 Å². The molecule has 0 aliphatic rings. The molecule has 0 fully saturated rings. The van der Waals surface area contributed by atoms with Gasteiger partial charge in [-0.2, -0.15) is 5.26 Å². The Bertz CT molecular complexity index is 844. The van der Waals surface area contributed by atoms with E-state index in [-0.39, 0.29) is 5.56 Å². The summed E-state index contributed by atoms with van der Waals surface area (Å²) in [5, 5.41) is 11.4. The number of thioether (sulfide) groups is 1. The van der Waals surface area contributed by atoms with Crippen LogP contribution in [-0.2, 0) is 9.53 Å². The number of nitrogens with zero attached hydrogens (tertiary/aromatic N) is 1. The van der Waals surface area contributed by atoms with Gasteiger partial charge in [-0.25, -0.2) is 4.79 Å². The molecule has 26 heavy (non-hydrogen) atoms. The van der Waals surface area contributed by atoms with Gasteiger partial charge in [-0.15, -0.1) is 11.8 Å². The lowest BCUT2D eigenvalue weighted by molar-refractivity contribution is -0.123. The molecule has 6 nitrogen and oxygen atoms in total. The number of methoxy groups -OCH3 is 1. The fourth-order valence-electron chi connectivity index (χ4n) is 2.12. The third kappa shape index (κ3) is 4.77. The highest BCUT2D eigenvalue weighted by molar-refractivity contribution is 7.98. The summed E-state index contributed by atoms with van der Waals surface area (Å²) in [5.41, 5.74) is 1.25. The number of hydrogen-bond acceptors (Lipinski definition) is 6. The second-order valence-corrected chi connectivity index (χ2v) is 6.17. The van der Waals surface area contributed by atoms with Gasteiger partial charge < -0.3 is 14.8 Å². The normalized spacial score (nSPS) is 11.2. The molecule has 2 aromatic carbocycles. The number of anilines is 1. The number of hydrogen-bond donors (Lipinski definition) is 1. The number of carbonyl (C=O) groups excluding carboxylic acids is 2. The number of rotatable bonds is 6. The van der Waals surface area contributed by atoms with Crippen LogP contribution < -0.4 is 10.1 Å². The quantitative estimate of drug-likeness (QED) is 0.619. The first-order chi connectivity index (χ1) is 12.5. The highest BCUT2D eigenvalue weighted by atomic mass is 32.2. The lowest BCUT2D eigenvalue weighted by Gasteiger charge is -2.15. The molecule has 2 aromatic rings. The van der Waals surface area contributed by atoms with Crippen molar-refractivity contribution in [2.24, 2.45) is 0 Å². The van der Waals surface area contributed by atoms with E-state index in [1.807, 2.05) is 12.3 Å². The van der Waals surface area contributed by atoms with Crippen LogP contribution in [0.2, 0.25) is 0 Å². The van der Waals surface area contributed by atoms with Crippen molar-refractivity contribution in [3.8, 4) is 11.8 Å². The van der Waals surface area contributed by atoms with E-state index in [1.165, 1.54) is 25.8 Å². The Balaban J connectivity index is 2.03. The molecule has 0 bridgehead atoms. The van der Waals surface area contributed by atoms with Crippen molar-refractivity contribution in [3.05, 3.63) is 53.6 Å². The van der Waals surface area contributed by atoms with E-state index in [2.05, 4.69) is 5.32 Å². The summed E-state index contributed by atoms with van der Waals surface area (Å²) in [6.07, 6.45) is 0.922. The fraction of sp³-hybridized carbons (Fsp3) is 0.211. The number of nitrogens with one attached hydrogen (secondary N) is 1. The molecule has 1 atom stereocenters. The molecule has 0 saturated heterocycles. The van der Waals surface area contributed by atoms with E-state index >= 15 is 0 Å². The molecule has 0 aliphatic heterocycles. The van der Waals surface area contributed by atoms with E-state index in [1.54, 1.807) is 42.5 Å². The number of benzene rings is 2. The first-order valence-corrected chi connectivity index (χ1v) is 8.95. The predicted molar refractivity (Wildman–Crippen MR) is 99.4 cm³/mol. The molecule has 0 radical (unpaired) electrons. The zero-order chi connectivity index (χ0) is 19.1. The van der Waals surface area contributed by atoms with E-state index in [4.69, 9.17) is 14.7 Å². The minimum Gasteiger partial charge on any atom is -0.496 e. The zero-order valence-corrected chi connectivity index (χ0v) is 15.4. The minimum atomic E-state index is -0.997. The summed E-state index contributed by atoms with van der Waals surface area (Å²) in [4.78, 5) is 25.5. The maximum Gasteiger partial charge on any atom is 0.342 e. The lowest BCUT2D eigenvalue weighted by Crippen LogP contribution is -2.30. The Hall–Kier alpha value is -2.98. The minimum absolute atomic E-state index is 0.253. The Morgan fingerprint density at radius 3 is 2.46 bits per heavy atom. The number of nitriles is 1. The molecule has 0 heterocycles. The van der Waals surface area contributed by atoms with Gasteiger partial charge in [0.1, 0.15) is 11.3 Å². The SMILES string of the molecule is COc1cc(SC)ccc1C(=O)O[C@H](C)C(=O)Nc1ccc(C#N)cc1. The van der Waals surface area contributed by atoms with Gasteiger partial charge in [-0.05, 0) is 55.6 Å². The number of carbonyl (C=O) groups is 2. The van der Waals surface area contributed by atoms with Gasteiger partial charge in [0.25, 0.3) is 5.91 Å². The number of ether oxygens (including phenoxy) is 2. The van der Waals surface area contributed by atoms with Gasteiger partial charge in [0.15, 0.2) is 6.10 Å².